The number of ether oxygens (including phenoxy) is 1. The summed E-state index contributed by atoms with van der Waals surface area (Å²) in [7, 11) is 1.40. The van der Waals surface area contributed by atoms with Gasteiger partial charge in [-0.3, -0.25) is 14.4 Å². The second kappa shape index (κ2) is 25.9. The van der Waals surface area contributed by atoms with Crippen LogP contribution in [-0.2, 0) is 19.1 Å². The Morgan fingerprint density at radius 1 is 0.514 bits per heavy atom. The Bertz CT molecular complexity index is 514. The van der Waals surface area contributed by atoms with Crippen LogP contribution >= 0.6 is 0 Å². The Kier molecular flexibility index (Phi) is 25.0. The number of esters is 1. The molecule has 0 heterocycles. The molecule has 0 aromatic rings. The summed E-state index contributed by atoms with van der Waals surface area (Å²) < 4.78 is 4.94. The van der Waals surface area contributed by atoms with Crippen LogP contribution in [0, 0.1) is 5.92 Å². The number of Topliss-reactive ketones (excluding diaryl/α,β-unsaturated/α-hetero) is 2. The normalized spacial score (nSPS) is 12.0. The van der Waals surface area contributed by atoms with Gasteiger partial charge in [-0.25, -0.2) is 0 Å². The van der Waals surface area contributed by atoms with E-state index < -0.39 is 0 Å². The van der Waals surface area contributed by atoms with E-state index in [1.165, 1.54) is 90.6 Å². The largest absolute Gasteiger partial charge is 0.469 e. The summed E-state index contributed by atoms with van der Waals surface area (Å²) in [5.74, 6) is -0.0264. The summed E-state index contributed by atoms with van der Waals surface area (Å²) >= 11 is 0. The highest BCUT2D eigenvalue weighted by Gasteiger charge is 2.22. The van der Waals surface area contributed by atoms with Crippen molar-refractivity contribution in [3.8, 4) is 0 Å². The topological polar surface area (TPSA) is 60.4 Å². The summed E-state index contributed by atoms with van der Waals surface area (Å²) in [6.45, 7) is 4.47. The van der Waals surface area contributed by atoms with Crippen LogP contribution < -0.4 is 0 Å². The fourth-order valence-electron chi connectivity index (χ4n) is 4.77. The first-order chi connectivity index (χ1) is 17.0. The lowest BCUT2D eigenvalue weighted by Gasteiger charge is -2.14. The van der Waals surface area contributed by atoms with E-state index in [-0.39, 0.29) is 17.7 Å². The maximum absolute atomic E-state index is 12.4. The van der Waals surface area contributed by atoms with Crippen molar-refractivity contribution in [3.63, 3.8) is 0 Å². The third kappa shape index (κ3) is 23.0. The van der Waals surface area contributed by atoms with E-state index in [1.54, 1.807) is 0 Å². The van der Waals surface area contributed by atoms with Crippen LogP contribution in [0.3, 0.4) is 0 Å². The van der Waals surface area contributed by atoms with E-state index >= 15 is 0 Å². The average molecular weight is 495 g/mol. The first-order valence-corrected chi connectivity index (χ1v) is 15.2. The van der Waals surface area contributed by atoms with Crippen LogP contribution in [0.15, 0.2) is 0 Å². The number of hydrogen-bond donors (Lipinski definition) is 0. The molecule has 1 atom stereocenters. The molecule has 0 saturated heterocycles. The first-order valence-electron chi connectivity index (χ1n) is 15.2. The Morgan fingerprint density at radius 2 is 0.886 bits per heavy atom. The van der Waals surface area contributed by atoms with Crippen molar-refractivity contribution in [2.45, 2.75) is 168 Å². The number of carbonyl (C=O) groups excluding carboxylic acids is 3. The lowest BCUT2D eigenvalue weighted by atomic mass is 9.93. The van der Waals surface area contributed by atoms with E-state index in [9.17, 15) is 14.4 Å². The van der Waals surface area contributed by atoms with Crippen molar-refractivity contribution in [2.75, 3.05) is 7.11 Å². The molecule has 0 aliphatic heterocycles. The molecule has 0 radical (unpaired) electrons. The fraction of sp³-hybridized carbons (Fsp3) is 0.903. The molecule has 0 saturated carbocycles. The maximum Gasteiger partial charge on any atom is 0.309 e. The van der Waals surface area contributed by atoms with Gasteiger partial charge in [-0.2, -0.15) is 0 Å². The Labute approximate surface area is 217 Å². The van der Waals surface area contributed by atoms with Gasteiger partial charge >= 0.3 is 5.97 Å². The highest BCUT2D eigenvalue weighted by Crippen LogP contribution is 2.19. The molecule has 0 fully saturated rings. The minimum absolute atomic E-state index is 0.185. The van der Waals surface area contributed by atoms with Crippen LogP contribution in [0.1, 0.15) is 168 Å². The third-order valence-corrected chi connectivity index (χ3v) is 7.14. The summed E-state index contributed by atoms with van der Waals surface area (Å²) in [6, 6.07) is 0. The third-order valence-electron chi connectivity index (χ3n) is 7.14. The number of hydrogen-bond acceptors (Lipinski definition) is 4. The van der Waals surface area contributed by atoms with Crippen molar-refractivity contribution in [1.29, 1.82) is 0 Å². The van der Waals surface area contributed by atoms with Crippen LogP contribution in [0.25, 0.3) is 0 Å². The zero-order chi connectivity index (χ0) is 26.0. The van der Waals surface area contributed by atoms with Gasteiger partial charge in [0.15, 0.2) is 0 Å². The molecule has 0 bridgehead atoms. The summed E-state index contributed by atoms with van der Waals surface area (Å²) in [5.41, 5.74) is 0. The van der Waals surface area contributed by atoms with Gasteiger partial charge in [-0.1, -0.05) is 117 Å². The van der Waals surface area contributed by atoms with Gasteiger partial charge in [-0.15, -0.1) is 0 Å². The quantitative estimate of drug-likeness (QED) is 0.0843. The fourth-order valence-corrected chi connectivity index (χ4v) is 4.77. The molecule has 0 aromatic carbocycles. The summed E-state index contributed by atoms with van der Waals surface area (Å²) in [5, 5.41) is 0. The second-order valence-corrected chi connectivity index (χ2v) is 10.6. The highest BCUT2D eigenvalue weighted by atomic mass is 16.5. The molecule has 0 aliphatic carbocycles. The predicted molar refractivity (Wildman–Crippen MR) is 148 cm³/mol. The van der Waals surface area contributed by atoms with Crippen LogP contribution in [-0.4, -0.2) is 24.6 Å². The van der Waals surface area contributed by atoms with Gasteiger partial charge in [-0.05, 0) is 25.7 Å². The molecular weight excluding hydrogens is 436 g/mol. The zero-order valence-corrected chi connectivity index (χ0v) is 23.7. The van der Waals surface area contributed by atoms with E-state index in [0.29, 0.717) is 37.9 Å². The van der Waals surface area contributed by atoms with Gasteiger partial charge in [0.05, 0.1) is 13.0 Å². The Hall–Kier alpha value is -1.19. The highest BCUT2D eigenvalue weighted by molar-refractivity contribution is 5.84. The molecule has 4 nitrogen and oxygen atoms in total. The maximum atomic E-state index is 12.4. The van der Waals surface area contributed by atoms with Crippen molar-refractivity contribution < 1.29 is 19.1 Å². The zero-order valence-electron chi connectivity index (χ0n) is 23.7. The number of carbonyl (C=O) groups is 3. The smallest absolute Gasteiger partial charge is 0.309 e. The second-order valence-electron chi connectivity index (χ2n) is 10.6. The molecule has 0 N–H and O–H groups in total. The number of unbranched alkanes of at least 4 members (excludes halogenated alkanes) is 16. The Morgan fingerprint density at radius 3 is 1.31 bits per heavy atom. The SMILES string of the molecule is CCCCCCCCCCCC(=O)CCCCC[C@H](CC(=O)CCCCCCCCC)C(=O)OC. The molecule has 4 heteroatoms. The van der Waals surface area contributed by atoms with Crippen LogP contribution in [0.5, 0.6) is 0 Å². The van der Waals surface area contributed by atoms with E-state index in [0.717, 1.165) is 38.5 Å². The molecule has 0 unspecified atom stereocenters. The number of rotatable bonds is 27. The molecule has 206 valence electrons. The van der Waals surface area contributed by atoms with Crippen LogP contribution in [0.2, 0.25) is 0 Å². The summed E-state index contributed by atoms with van der Waals surface area (Å²) in [6.07, 6.45) is 25.4. The van der Waals surface area contributed by atoms with Crippen molar-refractivity contribution in [3.05, 3.63) is 0 Å². The Balaban J connectivity index is 3.81. The minimum Gasteiger partial charge on any atom is -0.469 e. The average Bonchev–Trinajstić information content (AvgIpc) is 2.85. The van der Waals surface area contributed by atoms with Crippen molar-refractivity contribution in [1.82, 2.24) is 0 Å². The van der Waals surface area contributed by atoms with Gasteiger partial charge < -0.3 is 4.74 Å². The lowest BCUT2D eigenvalue weighted by molar-refractivity contribution is -0.147. The molecule has 0 amide bonds. The first kappa shape index (κ1) is 33.8. The van der Waals surface area contributed by atoms with Crippen molar-refractivity contribution in [2.24, 2.45) is 5.92 Å². The van der Waals surface area contributed by atoms with Gasteiger partial charge in [0.2, 0.25) is 0 Å². The molecule has 0 aliphatic rings. The molecule has 35 heavy (non-hydrogen) atoms. The molecule has 0 rings (SSSR count). The lowest BCUT2D eigenvalue weighted by Crippen LogP contribution is -2.20. The van der Waals surface area contributed by atoms with Gasteiger partial charge in [0.1, 0.15) is 11.6 Å². The van der Waals surface area contributed by atoms with E-state index in [1.807, 2.05) is 0 Å². The minimum atomic E-state index is -0.324. The number of methoxy groups -OCH3 is 1. The van der Waals surface area contributed by atoms with E-state index in [2.05, 4.69) is 13.8 Å². The monoisotopic (exact) mass is 494 g/mol. The van der Waals surface area contributed by atoms with E-state index in [4.69, 9.17) is 4.74 Å². The van der Waals surface area contributed by atoms with Crippen LogP contribution in [0.4, 0.5) is 0 Å². The predicted octanol–water partition coefficient (Wildman–Crippen LogP) is 9.32. The molecule has 0 aromatic heterocycles. The van der Waals surface area contributed by atoms with Gasteiger partial charge in [0.25, 0.3) is 0 Å². The molecular formula is C31H58O4. The molecule has 0 spiro atoms. The standard InChI is InChI=1S/C31H58O4/c1-4-6-8-10-12-13-15-16-20-24-29(32)25-22-18-19-23-28(31(34)35-3)27-30(33)26-21-17-14-11-9-7-5-2/h28H,4-27H2,1-3H3/t28-/m1/s1. The number of ketones is 2. The summed E-state index contributed by atoms with van der Waals surface area (Å²) in [4.78, 5) is 36.6. The van der Waals surface area contributed by atoms with Crippen molar-refractivity contribution >= 4 is 17.5 Å². The van der Waals surface area contributed by atoms with Gasteiger partial charge in [0, 0.05) is 25.7 Å².